The fraction of sp³-hybridized carbons (Fsp3) is 0.583. The summed E-state index contributed by atoms with van der Waals surface area (Å²) < 4.78 is 82.6. The Hall–Kier alpha value is -2.57. The van der Waals surface area contributed by atoms with Crippen molar-refractivity contribution >= 4 is 71.5 Å². The van der Waals surface area contributed by atoms with Crippen molar-refractivity contribution in [3.05, 3.63) is 25.3 Å². The maximum Gasteiger partial charge on any atom is 0.386 e. The number of hydrogen-bond acceptors (Lipinski definition) is 18. The normalized spacial score (nSPS) is 39.6. The zero-order valence-electron chi connectivity index (χ0n) is 25.2. The molecule has 4 aromatic heterocycles. The zero-order valence-corrected chi connectivity index (χ0v) is 28.7. The molecule has 4 unspecified atom stereocenters. The van der Waals surface area contributed by atoms with Gasteiger partial charge in [0.25, 0.3) is 0 Å². The van der Waals surface area contributed by atoms with Gasteiger partial charge in [-0.25, -0.2) is 43.2 Å². The molecule has 270 valence electrons. The lowest BCUT2D eigenvalue weighted by Crippen LogP contribution is -2.37. The molecule has 5 aliphatic rings. The number of anilines is 2. The van der Waals surface area contributed by atoms with Gasteiger partial charge in [0.1, 0.15) is 37.1 Å². The van der Waals surface area contributed by atoms with E-state index in [1.807, 2.05) is 0 Å². The van der Waals surface area contributed by atoms with E-state index in [2.05, 4.69) is 52.8 Å². The van der Waals surface area contributed by atoms with Crippen molar-refractivity contribution in [2.45, 2.75) is 61.4 Å². The van der Waals surface area contributed by atoms with Gasteiger partial charge in [0.2, 0.25) is 0 Å². The van der Waals surface area contributed by atoms with Crippen molar-refractivity contribution in [3.63, 3.8) is 0 Å². The molecule has 50 heavy (non-hydrogen) atoms. The third-order valence-corrected chi connectivity index (χ3v) is 11.7. The molecule has 5 N–H and O–H groups in total. The van der Waals surface area contributed by atoms with E-state index in [0.29, 0.717) is 0 Å². The van der Waals surface area contributed by atoms with E-state index in [1.165, 1.54) is 34.4 Å². The van der Waals surface area contributed by atoms with Crippen LogP contribution in [0.4, 0.5) is 20.4 Å². The smallest absolute Gasteiger partial charge is 0.386 e. The van der Waals surface area contributed by atoms with Gasteiger partial charge >= 0.3 is 13.5 Å². The van der Waals surface area contributed by atoms with Crippen LogP contribution in [-0.4, -0.2) is 129 Å². The maximum atomic E-state index is 16.3. The summed E-state index contributed by atoms with van der Waals surface area (Å²) in [6.45, 7) is -10.4. The molecular formula is C24H28F2N10O10P2S2. The van der Waals surface area contributed by atoms with Gasteiger partial charge in [-0.05, 0) is 11.8 Å². The summed E-state index contributed by atoms with van der Waals surface area (Å²) in [6.07, 6.45) is -11.0. The third-order valence-electron chi connectivity index (χ3n) is 8.51. The van der Waals surface area contributed by atoms with Crippen LogP contribution in [0.2, 0.25) is 0 Å². The van der Waals surface area contributed by atoms with Crippen molar-refractivity contribution in [1.29, 1.82) is 0 Å². The van der Waals surface area contributed by atoms with Crippen molar-refractivity contribution in [3.8, 4) is 0 Å². The minimum atomic E-state index is -4.42. The van der Waals surface area contributed by atoms with Gasteiger partial charge in [-0.1, -0.05) is 12.2 Å². The van der Waals surface area contributed by atoms with Crippen LogP contribution < -0.4 is 10.6 Å². The molecule has 20 nitrogen and oxygen atoms in total. The number of aliphatic hydroxyl groups is 2. The van der Waals surface area contributed by atoms with Crippen molar-refractivity contribution in [2.75, 3.05) is 36.9 Å². The molecule has 3 saturated heterocycles. The first-order valence-corrected chi connectivity index (χ1v) is 20.3. The van der Waals surface area contributed by atoms with E-state index in [0.717, 1.165) is 0 Å². The zero-order chi connectivity index (χ0) is 34.9. The number of alkyl halides is 2. The topological polar surface area (TPSA) is 244 Å². The quantitative estimate of drug-likeness (QED) is 0.107. The fourth-order valence-corrected chi connectivity index (χ4v) is 8.99. The first-order chi connectivity index (χ1) is 23.9. The molecule has 0 aromatic carbocycles. The average Bonchev–Trinajstić information content (AvgIpc) is 3.85. The Morgan fingerprint density at radius 1 is 0.800 bits per heavy atom. The Morgan fingerprint density at radius 2 is 1.28 bits per heavy atom. The minimum Gasteiger partial charge on any atom is -0.389 e. The van der Waals surface area contributed by atoms with Crippen molar-refractivity contribution < 1.29 is 56.0 Å². The Balaban J connectivity index is 1.21. The second-order valence-corrected chi connectivity index (χ2v) is 17.3. The summed E-state index contributed by atoms with van der Waals surface area (Å²) in [5.74, 6) is 0.302. The van der Waals surface area contributed by atoms with Gasteiger partial charge in [0, 0.05) is 13.1 Å². The van der Waals surface area contributed by atoms with E-state index in [-0.39, 0.29) is 47.1 Å². The summed E-state index contributed by atoms with van der Waals surface area (Å²) in [6, 6.07) is 0. The highest BCUT2D eigenvalue weighted by atomic mass is 32.7. The molecule has 3 fully saturated rings. The van der Waals surface area contributed by atoms with Gasteiger partial charge in [-0.2, -0.15) is 0 Å². The number of halogens is 2. The predicted molar refractivity (Wildman–Crippen MR) is 172 cm³/mol. The molecule has 0 saturated carbocycles. The van der Waals surface area contributed by atoms with Gasteiger partial charge in [0.05, 0.1) is 38.1 Å². The lowest BCUT2D eigenvalue weighted by Gasteiger charge is -2.29. The summed E-state index contributed by atoms with van der Waals surface area (Å²) >= 11 is 9.25. The van der Waals surface area contributed by atoms with Crippen LogP contribution in [0.15, 0.2) is 25.3 Å². The number of fused-ring (bicyclic) bond motifs is 11. The van der Waals surface area contributed by atoms with Crippen LogP contribution in [0.1, 0.15) is 12.5 Å². The molecule has 0 radical (unpaired) electrons. The number of thiol groups is 1. The monoisotopic (exact) mass is 780 g/mol. The minimum absolute atomic E-state index is 0.0983. The lowest BCUT2D eigenvalue weighted by atomic mass is 10.1. The lowest BCUT2D eigenvalue weighted by molar-refractivity contribution is -0.0564. The Kier molecular flexibility index (Phi) is 9.06. The van der Waals surface area contributed by atoms with Crippen LogP contribution in [0.5, 0.6) is 0 Å². The molecule has 0 aliphatic carbocycles. The summed E-state index contributed by atoms with van der Waals surface area (Å²) in [5.41, 5.74) is 0.520. The second-order valence-electron chi connectivity index (χ2n) is 11.7. The van der Waals surface area contributed by atoms with Gasteiger partial charge < -0.3 is 39.7 Å². The van der Waals surface area contributed by atoms with Gasteiger partial charge in [-0.15, -0.1) is 0 Å². The molecule has 9 rings (SSSR count). The second kappa shape index (κ2) is 13.1. The van der Waals surface area contributed by atoms with Crippen LogP contribution in [0.25, 0.3) is 22.3 Å². The molecule has 9 heterocycles. The van der Waals surface area contributed by atoms with E-state index in [1.54, 1.807) is 0 Å². The molecule has 14 bridgehead atoms. The Bertz CT molecular complexity index is 1880. The number of ether oxygens (including phenoxy) is 2. The molecular weight excluding hydrogens is 752 g/mol. The number of nitrogens with zero attached hydrogens (tertiary/aromatic N) is 8. The number of aromatic nitrogens is 8. The fourth-order valence-electron chi connectivity index (χ4n) is 6.07. The first-order valence-electron chi connectivity index (χ1n) is 15.0. The van der Waals surface area contributed by atoms with Crippen LogP contribution >= 0.6 is 25.8 Å². The van der Waals surface area contributed by atoms with E-state index in [9.17, 15) is 19.7 Å². The predicted octanol–water partition coefficient (Wildman–Crippen LogP) is 0.768. The number of rotatable bonds is 0. The van der Waals surface area contributed by atoms with Crippen molar-refractivity contribution in [2.24, 2.45) is 0 Å². The average molecular weight is 781 g/mol. The molecule has 4 aromatic rings. The van der Waals surface area contributed by atoms with Crippen molar-refractivity contribution in [1.82, 2.24) is 39.0 Å². The highest BCUT2D eigenvalue weighted by Gasteiger charge is 2.54. The van der Waals surface area contributed by atoms with Gasteiger partial charge in [-0.3, -0.25) is 22.7 Å². The highest BCUT2D eigenvalue weighted by molar-refractivity contribution is 8.44. The van der Waals surface area contributed by atoms with Crippen LogP contribution in [0.3, 0.4) is 0 Å². The molecule has 26 heteroatoms. The summed E-state index contributed by atoms with van der Waals surface area (Å²) in [4.78, 5) is 36.4. The van der Waals surface area contributed by atoms with Crippen LogP contribution in [0, 0.1) is 0 Å². The molecule has 12 atom stereocenters. The van der Waals surface area contributed by atoms with E-state index >= 15 is 8.78 Å². The number of aliphatic hydroxyl groups excluding tert-OH is 2. The number of imidazole rings is 2. The highest BCUT2D eigenvalue weighted by Crippen LogP contribution is 2.58. The standard InChI is InChI=1S/C24H28F2N10O10P2S2/c25-13-17-11-3-41-48(40,50)46-18-12(4-42-47(39,49)45-17)44-24(14(18)26)36-8-34-16-20(30-6-32-22(16)36)28-2-10(38)9(37)1-27-19-15-21(31-5-29-19)35(7-33-15)23(13)43-11/h5-14,17-18,23-24,37-38H,1-4H2,(H,39,49)(H,40,50)(H,27,29,31)(H,28,30,32)/t9-,10-,11+,12+,13+,14+,17+,18+,23?,24?,47?,48?/m0/s1. The molecule has 0 amide bonds. The molecule has 0 spiro atoms. The first kappa shape index (κ1) is 34.5. The van der Waals surface area contributed by atoms with E-state index < -0.39 is 88.2 Å². The largest absolute Gasteiger partial charge is 0.389 e. The number of hydrogen-bond donors (Lipinski definition) is 6. The SMILES string of the molecule is O=P1(S)OC[C@H]2OC3[C@H](F)[C@@H]2OP(O)(=S)OC[C@H]2OC([C@H](F)[C@@H]2O1)n1cnc2c(ncnc21)NC[C@H](O)[C@@H](O)CNc1ncnc2c1ncn23. The van der Waals surface area contributed by atoms with Gasteiger partial charge in [0.15, 0.2) is 58.8 Å². The third kappa shape index (κ3) is 6.29. The summed E-state index contributed by atoms with van der Waals surface area (Å²) in [5, 5.41) is 27.3. The van der Waals surface area contributed by atoms with E-state index in [4.69, 9.17) is 39.4 Å². The number of nitrogens with one attached hydrogen (secondary N) is 2. The Morgan fingerprint density at radius 3 is 1.80 bits per heavy atom. The molecule has 5 aliphatic heterocycles. The summed E-state index contributed by atoms with van der Waals surface area (Å²) in [7, 11) is 0. The van der Waals surface area contributed by atoms with Crippen LogP contribution in [-0.2, 0) is 43.9 Å². The maximum absolute atomic E-state index is 16.3. The Labute approximate surface area is 289 Å².